The van der Waals surface area contributed by atoms with Gasteiger partial charge in [0.25, 0.3) is 0 Å². The monoisotopic (exact) mass is 368 g/mol. The van der Waals surface area contributed by atoms with Crippen LogP contribution in [0.2, 0.25) is 5.02 Å². The van der Waals surface area contributed by atoms with E-state index in [2.05, 4.69) is 0 Å². The van der Waals surface area contributed by atoms with Crippen LogP contribution in [-0.4, -0.2) is 6.09 Å². The number of hydrogen-bond donors (Lipinski definition) is 0. The number of halogens is 2. The van der Waals surface area contributed by atoms with E-state index in [1.165, 1.54) is 22.1 Å². The van der Waals surface area contributed by atoms with Gasteiger partial charge in [-0.15, -0.1) is 0 Å². The number of amides is 1. The number of anilines is 2. The predicted octanol–water partition coefficient (Wildman–Crippen LogP) is 5.56. The van der Waals surface area contributed by atoms with Gasteiger partial charge in [-0.05, 0) is 48.0 Å². The van der Waals surface area contributed by atoms with Crippen LogP contribution in [0.25, 0.3) is 0 Å². The Hall–Kier alpha value is -3.05. The van der Waals surface area contributed by atoms with Crippen molar-refractivity contribution in [2.24, 2.45) is 0 Å². The standard InChI is InChI=1S/C20H14ClFN2O2/c21-15-5-4-8-18(13-15)23-19(14-9-11-16(22)12-10-14)24(26-20(23)25)17-6-2-1-3-7-17/h1-13,19H/t19-/m0/s1. The van der Waals surface area contributed by atoms with Crippen LogP contribution in [0.15, 0.2) is 78.9 Å². The average Bonchev–Trinajstić information content (AvgIpc) is 3.00. The summed E-state index contributed by atoms with van der Waals surface area (Å²) < 4.78 is 13.4. The minimum atomic E-state index is -0.594. The molecular weight excluding hydrogens is 355 g/mol. The van der Waals surface area contributed by atoms with Gasteiger partial charge in [-0.25, -0.2) is 14.1 Å². The molecule has 1 fully saturated rings. The average molecular weight is 369 g/mol. The lowest BCUT2D eigenvalue weighted by Crippen LogP contribution is -2.31. The zero-order valence-electron chi connectivity index (χ0n) is 13.5. The normalized spacial score (nSPS) is 16.7. The highest BCUT2D eigenvalue weighted by Gasteiger charge is 2.42. The fraction of sp³-hybridized carbons (Fsp3) is 0.0500. The molecule has 0 saturated carbocycles. The molecule has 0 N–H and O–H groups in total. The number of hydroxylamine groups is 1. The molecule has 26 heavy (non-hydrogen) atoms. The molecule has 1 amide bonds. The third-order valence-electron chi connectivity index (χ3n) is 4.11. The topological polar surface area (TPSA) is 32.8 Å². The molecule has 4 rings (SSSR count). The molecule has 0 unspecified atom stereocenters. The van der Waals surface area contributed by atoms with Crippen molar-refractivity contribution in [3.63, 3.8) is 0 Å². The van der Waals surface area contributed by atoms with E-state index in [-0.39, 0.29) is 5.82 Å². The number of rotatable bonds is 3. The predicted molar refractivity (Wildman–Crippen MR) is 98.5 cm³/mol. The zero-order chi connectivity index (χ0) is 18.1. The van der Waals surface area contributed by atoms with Crippen molar-refractivity contribution in [3.05, 3.63) is 95.3 Å². The van der Waals surface area contributed by atoms with Crippen molar-refractivity contribution in [1.82, 2.24) is 0 Å². The van der Waals surface area contributed by atoms with Crippen LogP contribution in [0.4, 0.5) is 20.6 Å². The molecule has 0 bridgehead atoms. The number of para-hydroxylation sites is 1. The van der Waals surface area contributed by atoms with Gasteiger partial charge in [-0.1, -0.05) is 48.0 Å². The second-order valence-corrected chi connectivity index (χ2v) is 6.23. The Bertz CT molecular complexity index is 934. The highest BCUT2D eigenvalue weighted by atomic mass is 35.5. The number of carbonyl (C=O) groups is 1. The van der Waals surface area contributed by atoms with Gasteiger partial charge in [-0.3, -0.25) is 0 Å². The summed E-state index contributed by atoms with van der Waals surface area (Å²) in [7, 11) is 0. The number of carbonyl (C=O) groups excluding carboxylic acids is 1. The second kappa shape index (κ2) is 6.69. The molecule has 0 radical (unpaired) electrons. The van der Waals surface area contributed by atoms with Crippen molar-refractivity contribution in [2.75, 3.05) is 9.96 Å². The van der Waals surface area contributed by atoms with E-state index >= 15 is 0 Å². The Morgan fingerprint density at radius 1 is 0.885 bits per heavy atom. The summed E-state index contributed by atoms with van der Waals surface area (Å²) in [6.45, 7) is 0. The maximum atomic E-state index is 13.4. The Labute approximate surface area is 154 Å². The SMILES string of the molecule is O=C1ON(c2ccccc2)[C@@H](c2ccc(F)cc2)N1c1cccc(Cl)c1. The Morgan fingerprint density at radius 2 is 1.58 bits per heavy atom. The summed E-state index contributed by atoms with van der Waals surface area (Å²) in [5.74, 6) is -0.348. The molecule has 1 aliphatic rings. The summed E-state index contributed by atoms with van der Waals surface area (Å²) in [6, 6.07) is 22.2. The van der Waals surface area contributed by atoms with E-state index in [9.17, 15) is 9.18 Å². The largest absolute Gasteiger partial charge is 0.440 e. The first-order valence-corrected chi connectivity index (χ1v) is 8.38. The number of hydrogen-bond acceptors (Lipinski definition) is 3. The molecule has 1 heterocycles. The minimum Gasteiger partial charge on any atom is -0.319 e. The van der Waals surface area contributed by atoms with Gasteiger partial charge < -0.3 is 4.84 Å². The Morgan fingerprint density at radius 3 is 2.27 bits per heavy atom. The highest BCUT2D eigenvalue weighted by molar-refractivity contribution is 6.30. The summed E-state index contributed by atoms with van der Waals surface area (Å²) >= 11 is 6.10. The van der Waals surface area contributed by atoms with E-state index in [4.69, 9.17) is 16.4 Å². The lowest BCUT2D eigenvalue weighted by Gasteiger charge is -2.27. The van der Waals surface area contributed by atoms with Crippen LogP contribution in [0.3, 0.4) is 0 Å². The smallest absolute Gasteiger partial charge is 0.319 e. The molecule has 1 saturated heterocycles. The number of benzene rings is 3. The summed E-state index contributed by atoms with van der Waals surface area (Å²) in [5.41, 5.74) is 2.01. The maximum Gasteiger partial charge on any atom is 0.440 e. The lowest BCUT2D eigenvalue weighted by molar-refractivity contribution is 0.164. The van der Waals surface area contributed by atoms with Crippen LogP contribution < -0.4 is 9.96 Å². The molecule has 130 valence electrons. The molecule has 0 spiro atoms. The van der Waals surface area contributed by atoms with Gasteiger partial charge in [0.2, 0.25) is 0 Å². The van der Waals surface area contributed by atoms with E-state index in [1.807, 2.05) is 30.3 Å². The lowest BCUT2D eigenvalue weighted by atomic mass is 10.1. The van der Waals surface area contributed by atoms with Gasteiger partial charge in [-0.2, -0.15) is 5.06 Å². The van der Waals surface area contributed by atoms with Crippen LogP contribution in [0.1, 0.15) is 11.7 Å². The van der Waals surface area contributed by atoms with Crippen molar-refractivity contribution in [1.29, 1.82) is 0 Å². The highest BCUT2D eigenvalue weighted by Crippen LogP contribution is 2.40. The molecule has 6 heteroatoms. The molecular formula is C20H14ClFN2O2. The molecule has 1 aliphatic heterocycles. The maximum absolute atomic E-state index is 13.4. The minimum absolute atomic E-state index is 0.348. The van der Waals surface area contributed by atoms with Gasteiger partial charge in [0.05, 0.1) is 11.4 Å². The van der Waals surface area contributed by atoms with Gasteiger partial charge >= 0.3 is 6.09 Å². The molecule has 0 aliphatic carbocycles. The molecule has 0 aromatic heterocycles. The van der Waals surface area contributed by atoms with E-state index < -0.39 is 12.3 Å². The van der Waals surface area contributed by atoms with Gasteiger partial charge in [0, 0.05) is 5.02 Å². The fourth-order valence-corrected chi connectivity index (χ4v) is 3.13. The Balaban J connectivity index is 1.84. The first-order chi connectivity index (χ1) is 12.6. The Kier molecular flexibility index (Phi) is 4.22. The van der Waals surface area contributed by atoms with E-state index in [1.54, 1.807) is 36.4 Å². The molecule has 1 atom stereocenters. The second-order valence-electron chi connectivity index (χ2n) is 5.79. The number of nitrogens with zero attached hydrogens (tertiary/aromatic N) is 2. The first-order valence-electron chi connectivity index (χ1n) is 8.00. The van der Waals surface area contributed by atoms with E-state index in [0.29, 0.717) is 22.0 Å². The van der Waals surface area contributed by atoms with Gasteiger partial charge in [0.15, 0.2) is 6.17 Å². The third-order valence-corrected chi connectivity index (χ3v) is 4.34. The van der Waals surface area contributed by atoms with Crippen LogP contribution >= 0.6 is 11.6 Å². The van der Waals surface area contributed by atoms with E-state index in [0.717, 1.165) is 0 Å². The third kappa shape index (κ3) is 2.97. The van der Waals surface area contributed by atoms with Crippen molar-refractivity contribution in [2.45, 2.75) is 6.17 Å². The van der Waals surface area contributed by atoms with Crippen molar-refractivity contribution >= 4 is 29.1 Å². The summed E-state index contributed by atoms with van der Waals surface area (Å²) in [6.07, 6.45) is -1.13. The van der Waals surface area contributed by atoms with Crippen molar-refractivity contribution < 1.29 is 14.0 Å². The molecule has 3 aromatic rings. The van der Waals surface area contributed by atoms with Crippen molar-refractivity contribution in [3.8, 4) is 0 Å². The molecule has 4 nitrogen and oxygen atoms in total. The van der Waals surface area contributed by atoms with Crippen LogP contribution in [0.5, 0.6) is 0 Å². The summed E-state index contributed by atoms with van der Waals surface area (Å²) in [5, 5.41) is 2.02. The fourth-order valence-electron chi connectivity index (χ4n) is 2.94. The van der Waals surface area contributed by atoms with Gasteiger partial charge in [0.1, 0.15) is 5.82 Å². The van der Waals surface area contributed by atoms with Crippen LogP contribution in [-0.2, 0) is 4.84 Å². The quantitative estimate of drug-likeness (QED) is 0.607. The zero-order valence-corrected chi connectivity index (χ0v) is 14.3. The summed E-state index contributed by atoms with van der Waals surface area (Å²) in [4.78, 5) is 19.7. The molecule has 3 aromatic carbocycles. The first kappa shape index (κ1) is 16.4. The van der Waals surface area contributed by atoms with Crippen LogP contribution in [0, 0.1) is 5.82 Å².